The Hall–Kier alpha value is 1.68. The molecule has 0 aromatic heterocycles. The molecule has 164 valence electrons. The fraction of sp³-hybridized carbons (Fsp3) is 1.00. The number of rotatable bonds is 14. The number of hydrogen-bond acceptors (Lipinski definition) is 2. The molecule has 0 atom stereocenters. The SMILES string of the molecule is CCCCCCC[CH2][Zn][CH2]CCCCCCC.OP(O)(O)=S.OP(O)(O)=S. The van der Waals surface area contributed by atoms with E-state index in [1.165, 1.54) is 64.2 Å². The summed E-state index contributed by atoms with van der Waals surface area (Å²) in [4.78, 5) is 45.3. The third-order valence-corrected chi connectivity index (χ3v) is 7.90. The molecule has 0 aliphatic heterocycles. The molecule has 6 N–H and O–H groups in total. The molecular formula is C16H40O6P2S2Zn. The predicted molar refractivity (Wildman–Crippen MR) is 118 cm³/mol. The third-order valence-electron chi connectivity index (χ3n) is 3.71. The first-order valence-corrected chi connectivity index (χ1v) is 19.5. The summed E-state index contributed by atoms with van der Waals surface area (Å²) in [5, 5.41) is 3.35. The summed E-state index contributed by atoms with van der Waals surface area (Å²) in [5.41, 5.74) is 0. The van der Waals surface area contributed by atoms with E-state index in [-0.39, 0.29) is 17.1 Å². The van der Waals surface area contributed by atoms with Crippen LogP contribution in [0.5, 0.6) is 0 Å². The fourth-order valence-corrected chi connectivity index (χ4v) is 6.15. The minimum atomic E-state index is -3.81. The van der Waals surface area contributed by atoms with E-state index in [1.54, 1.807) is 22.9 Å². The zero-order valence-electron chi connectivity index (χ0n) is 17.0. The van der Waals surface area contributed by atoms with Crippen LogP contribution < -0.4 is 0 Å². The normalized spacial score (nSPS) is 11.0. The molecule has 6 nitrogen and oxygen atoms in total. The van der Waals surface area contributed by atoms with Gasteiger partial charge >= 0.3 is 131 Å². The molecule has 0 bridgehead atoms. The Bertz CT molecular complexity index is 329. The number of unbranched alkanes of at least 4 members (excludes halogenated alkanes) is 10. The van der Waals surface area contributed by atoms with Gasteiger partial charge in [-0.25, -0.2) is 0 Å². The van der Waals surface area contributed by atoms with Gasteiger partial charge in [0.1, 0.15) is 0 Å². The molecule has 0 saturated carbocycles. The Morgan fingerprint density at radius 1 is 0.519 bits per heavy atom. The Morgan fingerprint density at radius 3 is 1.00 bits per heavy atom. The summed E-state index contributed by atoms with van der Waals surface area (Å²) in [6.07, 6.45) is 17.9. The van der Waals surface area contributed by atoms with Crippen LogP contribution in [0.1, 0.15) is 90.9 Å². The van der Waals surface area contributed by atoms with Gasteiger partial charge in [0.05, 0.1) is 0 Å². The molecular weight excluding hydrogens is 480 g/mol. The maximum atomic E-state index is 7.56. The fourth-order valence-electron chi connectivity index (χ4n) is 2.44. The molecule has 0 aliphatic carbocycles. The van der Waals surface area contributed by atoms with Gasteiger partial charge in [0.25, 0.3) is 0 Å². The van der Waals surface area contributed by atoms with E-state index in [1.807, 2.05) is 0 Å². The molecule has 0 heterocycles. The van der Waals surface area contributed by atoms with Crippen molar-refractivity contribution in [3.63, 3.8) is 0 Å². The van der Waals surface area contributed by atoms with Gasteiger partial charge in [-0.05, 0) is 23.6 Å². The van der Waals surface area contributed by atoms with Gasteiger partial charge in [0, 0.05) is 0 Å². The van der Waals surface area contributed by atoms with Crippen molar-refractivity contribution in [1.29, 1.82) is 0 Å². The van der Waals surface area contributed by atoms with E-state index in [0.29, 0.717) is 0 Å². The first-order chi connectivity index (χ1) is 12.4. The average molecular weight is 520 g/mol. The van der Waals surface area contributed by atoms with Crippen molar-refractivity contribution < 1.29 is 46.5 Å². The maximum absolute atomic E-state index is 7.56. The summed E-state index contributed by atoms with van der Waals surface area (Å²) in [6.45, 7) is -3.01. The van der Waals surface area contributed by atoms with Crippen LogP contribution in [0.4, 0.5) is 0 Å². The van der Waals surface area contributed by atoms with E-state index in [2.05, 4.69) is 37.5 Å². The Kier molecular flexibility index (Phi) is 29.6. The average Bonchev–Trinajstić information content (AvgIpc) is 2.49. The molecule has 0 spiro atoms. The van der Waals surface area contributed by atoms with Crippen LogP contribution in [-0.4, -0.2) is 29.4 Å². The van der Waals surface area contributed by atoms with Crippen molar-refractivity contribution in [2.45, 2.75) is 101 Å². The predicted octanol–water partition coefficient (Wildman–Crippen LogP) is 5.00. The molecule has 0 aromatic carbocycles. The van der Waals surface area contributed by atoms with E-state index in [4.69, 9.17) is 29.4 Å². The summed E-state index contributed by atoms with van der Waals surface area (Å²) >= 11 is 7.14. The second-order valence-corrected chi connectivity index (χ2v) is 16.1. The minimum absolute atomic E-state index is 0.0720. The molecule has 0 rings (SSSR count). The molecule has 27 heavy (non-hydrogen) atoms. The first-order valence-electron chi connectivity index (χ1n) is 9.98. The van der Waals surface area contributed by atoms with Crippen LogP contribution in [0.15, 0.2) is 0 Å². The van der Waals surface area contributed by atoms with Gasteiger partial charge in [0.15, 0.2) is 0 Å². The van der Waals surface area contributed by atoms with E-state index >= 15 is 0 Å². The van der Waals surface area contributed by atoms with Gasteiger partial charge < -0.3 is 29.4 Å². The molecule has 0 fully saturated rings. The van der Waals surface area contributed by atoms with Gasteiger partial charge in [-0.3, -0.25) is 0 Å². The smallest absolute Gasteiger partial charge is 0.319 e. The second-order valence-electron chi connectivity index (χ2n) is 6.62. The zero-order valence-corrected chi connectivity index (χ0v) is 23.4. The van der Waals surface area contributed by atoms with Crippen LogP contribution >= 0.6 is 13.4 Å². The molecule has 0 saturated heterocycles. The van der Waals surface area contributed by atoms with Crippen molar-refractivity contribution in [2.75, 3.05) is 0 Å². The van der Waals surface area contributed by atoms with Crippen molar-refractivity contribution in [1.82, 2.24) is 0 Å². The molecule has 0 unspecified atom stereocenters. The first kappa shape index (κ1) is 33.3. The van der Waals surface area contributed by atoms with Crippen molar-refractivity contribution >= 4 is 37.1 Å². The van der Waals surface area contributed by atoms with Crippen LogP contribution in [0, 0.1) is 0 Å². The van der Waals surface area contributed by atoms with Crippen LogP contribution in [0.25, 0.3) is 0 Å². The van der Waals surface area contributed by atoms with E-state index in [9.17, 15) is 0 Å². The maximum Gasteiger partial charge on any atom is 0.319 e. The quantitative estimate of drug-likeness (QED) is 0.108. The molecule has 11 heteroatoms. The Labute approximate surface area is 183 Å². The van der Waals surface area contributed by atoms with Crippen LogP contribution in [-0.2, 0) is 40.7 Å². The Morgan fingerprint density at radius 2 is 0.741 bits per heavy atom. The third kappa shape index (κ3) is 74.2. The summed E-state index contributed by atoms with van der Waals surface area (Å²) in [5.74, 6) is 0. The van der Waals surface area contributed by atoms with Gasteiger partial charge in [0.2, 0.25) is 0 Å². The van der Waals surface area contributed by atoms with Crippen molar-refractivity contribution in [2.24, 2.45) is 0 Å². The van der Waals surface area contributed by atoms with Crippen LogP contribution in [0.3, 0.4) is 0 Å². The monoisotopic (exact) mass is 518 g/mol. The largest absolute Gasteiger partial charge is 0.325 e. The topological polar surface area (TPSA) is 121 Å². The van der Waals surface area contributed by atoms with Gasteiger partial charge in [-0.1, -0.05) is 0 Å². The Balaban J connectivity index is -0.000000471. The van der Waals surface area contributed by atoms with E-state index < -0.39 is 13.4 Å². The summed E-state index contributed by atoms with van der Waals surface area (Å²) < 4.78 is 0. The minimum Gasteiger partial charge on any atom is -0.325 e. The van der Waals surface area contributed by atoms with Crippen molar-refractivity contribution in [3.8, 4) is 0 Å². The molecule has 0 radical (unpaired) electrons. The van der Waals surface area contributed by atoms with E-state index in [0.717, 1.165) is 0 Å². The van der Waals surface area contributed by atoms with Gasteiger partial charge in [-0.15, -0.1) is 0 Å². The van der Waals surface area contributed by atoms with Crippen LogP contribution in [0.2, 0.25) is 10.0 Å². The summed E-state index contributed by atoms with van der Waals surface area (Å²) in [6, 6.07) is 0. The standard InChI is InChI=1S/2C8H17.2H3O3PS.Zn/c2*1-3-5-7-8-6-4-2;2*1-4(2,3)5;/h2*1,3-8H2,2H3;2*(H3,1,2,3,5);. The number of hydrogen-bond donors (Lipinski definition) is 6. The van der Waals surface area contributed by atoms with Gasteiger partial charge in [-0.2, -0.15) is 0 Å². The molecule has 0 aromatic rings. The molecule has 0 amide bonds. The zero-order chi connectivity index (χ0) is 21.6. The van der Waals surface area contributed by atoms with Crippen molar-refractivity contribution in [3.05, 3.63) is 0 Å². The second kappa shape index (κ2) is 24.0. The molecule has 0 aliphatic rings. The summed E-state index contributed by atoms with van der Waals surface area (Å²) in [7, 11) is 0.